The fourth-order valence-corrected chi connectivity index (χ4v) is 2.06. The predicted octanol–water partition coefficient (Wildman–Crippen LogP) is 2.01. The molecule has 0 saturated heterocycles. The zero-order valence-electron chi connectivity index (χ0n) is 13.7. The molecule has 2 aromatic rings. The highest BCUT2D eigenvalue weighted by Crippen LogP contribution is 2.17. The van der Waals surface area contributed by atoms with Crippen molar-refractivity contribution in [3.63, 3.8) is 0 Å². The Bertz CT molecular complexity index is 768. The van der Waals surface area contributed by atoms with Gasteiger partial charge in [-0.3, -0.25) is 15.1 Å². The molecular formula is C17H19N3O4. The molecule has 2 rings (SSSR count). The largest absolute Gasteiger partial charge is 0.449 e. The maximum absolute atomic E-state index is 12.3. The van der Waals surface area contributed by atoms with Gasteiger partial charge in [0.1, 0.15) is 0 Å². The third-order valence-electron chi connectivity index (χ3n) is 3.16. The van der Waals surface area contributed by atoms with Gasteiger partial charge in [0.15, 0.2) is 6.10 Å². The quantitative estimate of drug-likeness (QED) is 0.836. The lowest BCUT2D eigenvalue weighted by Crippen LogP contribution is -2.46. The Hall–Kier alpha value is -2.96. The molecule has 7 heteroatoms. The maximum atomic E-state index is 12.3. The number of carbonyl (C=O) groups is 3. The molecule has 0 aliphatic carbocycles. The standard InChI is InChI=1S/C17H19N3O4/c1-10(2)19-17(23)20-15(21)11(3)24-16(22)13-8-4-6-12-7-5-9-18-14(12)13/h4-11H,1-3H3,(H2,19,20,21,23)/t11-/m0/s1. The van der Waals surface area contributed by atoms with E-state index in [1.807, 2.05) is 12.1 Å². The number of hydrogen-bond acceptors (Lipinski definition) is 5. The number of hydrogen-bond donors (Lipinski definition) is 2. The number of para-hydroxylation sites is 1. The number of carbonyl (C=O) groups excluding carboxylic acids is 3. The summed E-state index contributed by atoms with van der Waals surface area (Å²) >= 11 is 0. The van der Waals surface area contributed by atoms with Crippen molar-refractivity contribution in [2.75, 3.05) is 0 Å². The molecule has 0 aliphatic rings. The molecule has 1 heterocycles. The van der Waals surface area contributed by atoms with Crippen molar-refractivity contribution in [3.8, 4) is 0 Å². The van der Waals surface area contributed by atoms with Crippen molar-refractivity contribution in [1.82, 2.24) is 15.6 Å². The van der Waals surface area contributed by atoms with Gasteiger partial charge in [0.2, 0.25) is 0 Å². The summed E-state index contributed by atoms with van der Waals surface area (Å²) in [6.45, 7) is 4.93. The first-order valence-electron chi connectivity index (χ1n) is 7.54. The fraction of sp³-hybridized carbons (Fsp3) is 0.294. The third-order valence-corrected chi connectivity index (χ3v) is 3.16. The van der Waals surface area contributed by atoms with Gasteiger partial charge in [0.05, 0.1) is 11.1 Å². The van der Waals surface area contributed by atoms with Crippen LogP contribution >= 0.6 is 0 Å². The summed E-state index contributed by atoms with van der Waals surface area (Å²) in [6.07, 6.45) is 0.459. The molecule has 7 nitrogen and oxygen atoms in total. The van der Waals surface area contributed by atoms with Gasteiger partial charge in [-0.25, -0.2) is 9.59 Å². The Balaban J connectivity index is 2.05. The molecule has 0 spiro atoms. The van der Waals surface area contributed by atoms with Crippen LogP contribution < -0.4 is 10.6 Å². The number of pyridine rings is 1. The van der Waals surface area contributed by atoms with E-state index in [0.29, 0.717) is 5.52 Å². The third kappa shape index (κ3) is 4.28. The molecule has 0 saturated carbocycles. The molecule has 0 unspecified atom stereocenters. The van der Waals surface area contributed by atoms with Crippen LogP contribution in [0.2, 0.25) is 0 Å². The van der Waals surface area contributed by atoms with Crippen molar-refractivity contribution in [3.05, 3.63) is 42.1 Å². The van der Waals surface area contributed by atoms with Gasteiger partial charge in [-0.2, -0.15) is 0 Å². The lowest BCUT2D eigenvalue weighted by atomic mass is 10.1. The summed E-state index contributed by atoms with van der Waals surface area (Å²) < 4.78 is 5.14. The summed E-state index contributed by atoms with van der Waals surface area (Å²) in [6, 6.07) is 7.95. The second-order valence-corrected chi connectivity index (χ2v) is 5.55. The van der Waals surface area contributed by atoms with Crippen molar-refractivity contribution >= 4 is 28.8 Å². The number of benzene rings is 1. The van der Waals surface area contributed by atoms with Crippen LogP contribution in [-0.2, 0) is 9.53 Å². The highest BCUT2D eigenvalue weighted by molar-refractivity contribution is 6.04. The van der Waals surface area contributed by atoms with Crippen LogP contribution in [0.15, 0.2) is 36.5 Å². The van der Waals surface area contributed by atoms with Crippen LogP contribution in [0.25, 0.3) is 10.9 Å². The molecule has 1 atom stereocenters. The van der Waals surface area contributed by atoms with Crippen molar-refractivity contribution in [1.29, 1.82) is 0 Å². The summed E-state index contributed by atoms with van der Waals surface area (Å²) in [5, 5.41) is 5.43. The topological polar surface area (TPSA) is 97.4 Å². The zero-order chi connectivity index (χ0) is 17.7. The second-order valence-electron chi connectivity index (χ2n) is 5.55. The molecular weight excluding hydrogens is 310 g/mol. The maximum Gasteiger partial charge on any atom is 0.341 e. The average molecular weight is 329 g/mol. The zero-order valence-corrected chi connectivity index (χ0v) is 13.7. The average Bonchev–Trinajstić information content (AvgIpc) is 2.53. The number of rotatable bonds is 4. The molecule has 2 N–H and O–H groups in total. The molecule has 24 heavy (non-hydrogen) atoms. The number of amides is 3. The van der Waals surface area contributed by atoms with Gasteiger partial charge in [-0.1, -0.05) is 18.2 Å². The van der Waals surface area contributed by atoms with Gasteiger partial charge in [-0.05, 0) is 32.9 Å². The highest BCUT2D eigenvalue weighted by atomic mass is 16.5. The molecule has 0 bridgehead atoms. The van der Waals surface area contributed by atoms with E-state index in [2.05, 4.69) is 15.6 Å². The number of aromatic nitrogens is 1. The van der Waals surface area contributed by atoms with Crippen LogP contribution in [-0.4, -0.2) is 35.0 Å². The van der Waals surface area contributed by atoms with Crippen molar-refractivity contribution < 1.29 is 19.1 Å². The molecule has 3 amide bonds. The number of nitrogens with one attached hydrogen (secondary N) is 2. The van der Waals surface area contributed by atoms with Crippen LogP contribution in [0.5, 0.6) is 0 Å². The molecule has 126 valence electrons. The molecule has 0 radical (unpaired) electrons. The molecule has 0 fully saturated rings. The Morgan fingerprint density at radius 1 is 1.08 bits per heavy atom. The fourth-order valence-electron chi connectivity index (χ4n) is 2.06. The molecule has 0 aliphatic heterocycles. The van der Waals surface area contributed by atoms with Crippen LogP contribution in [0.4, 0.5) is 4.79 Å². The van der Waals surface area contributed by atoms with E-state index >= 15 is 0 Å². The van der Waals surface area contributed by atoms with E-state index in [1.54, 1.807) is 38.2 Å². The summed E-state index contributed by atoms with van der Waals surface area (Å²) in [4.78, 5) is 39.9. The normalized spacial score (nSPS) is 11.8. The van der Waals surface area contributed by atoms with Gasteiger partial charge in [0, 0.05) is 17.6 Å². The van der Waals surface area contributed by atoms with E-state index in [0.717, 1.165) is 5.39 Å². The Morgan fingerprint density at radius 3 is 2.50 bits per heavy atom. The summed E-state index contributed by atoms with van der Waals surface area (Å²) in [5.74, 6) is -1.37. The van der Waals surface area contributed by atoms with Crippen molar-refractivity contribution in [2.45, 2.75) is 32.9 Å². The monoisotopic (exact) mass is 329 g/mol. The lowest BCUT2D eigenvalue weighted by Gasteiger charge is -2.14. The van der Waals surface area contributed by atoms with Gasteiger partial charge in [-0.15, -0.1) is 0 Å². The van der Waals surface area contributed by atoms with E-state index in [4.69, 9.17) is 4.74 Å². The first kappa shape index (κ1) is 17.4. The van der Waals surface area contributed by atoms with Crippen LogP contribution in [0.1, 0.15) is 31.1 Å². The lowest BCUT2D eigenvalue weighted by molar-refractivity contribution is -0.127. The number of esters is 1. The van der Waals surface area contributed by atoms with E-state index in [-0.39, 0.29) is 11.6 Å². The van der Waals surface area contributed by atoms with Crippen LogP contribution in [0, 0.1) is 0 Å². The predicted molar refractivity (Wildman–Crippen MR) is 88.4 cm³/mol. The van der Waals surface area contributed by atoms with E-state index < -0.39 is 24.0 Å². The van der Waals surface area contributed by atoms with Crippen molar-refractivity contribution in [2.24, 2.45) is 0 Å². The second kappa shape index (κ2) is 7.54. The number of imide groups is 1. The molecule has 1 aromatic heterocycles. The minimum Gasteiger partial charge on any atom is -0.449 e. The van der Waals surface area contributed by atoms with E-state index in [9.17, 15) is 14.4 Å². The first-order chi connectivity index (χ1) is 11.4. The Kier molecular flexibility index (Phi) is 5.47. The summed E-state index contributed by atoms with van der Waals surface area (Å²) in [7, 11) is 0. The number of nitrogens with zero attached hydrogens (tertiary/aromatic N) is 1. The minimum atomic E-state index is -1.12. The Morgan fingerprint density at radius 2 is 1.79 bits per heavy atom. The molecule has 1 aromatic carbocycles. The van der Waals surface area contributed by atoms with E-state index in [1.165, 1.54) is 6.92 Å². The van der Waals surface area contributed by atoms with Crippen LogP contribution in [0.3, 0.4) is 0 Å². The van der Waals surface area contributed by atoms with Gasteiger partial charge < -0.3 is 10.1 Å². The SMILES string of the molecule is CC(C)NC(=O)NC(=O)[C@H](C)OC(=O)c1cccc2cccnc12. The number of fused-ring (bicyclic) bond motifs is 1. The number of ether oxygens (including phenoxy) is 1. The minimum absolute atomic E-state index is 0.114. The highest BCUT2D eigenvalue weighted by Gasteiger charge is 2.22. The Labute approximate surface area is 139 Å². The number of urea groups is 1. The van der Waals surface area contributed by atoms with Gasteiger partial charge >= 0.3 is 12.0 Å². The summed E-state index contributed by atoms with van der Waals surface area (Å²) in [5.41, 5.74) is 0.759. The first-order valence-corrected chi connectivity index (χ1v) is 7.54. The van der Waals surface area contributed by atoms with Gasteiger partial charge in [0.25, 0.3) is 5.91 Å². The smallest absolute Gasteiger partial charge is 0.341 e.